The van der Waals surface area contributed by atoms with Gasteiger partial charge in [-0.15, -0.1) is 0 Å². The number of benzene rings is 2. The van der Waals surface area contributed by atoms with Crippen LogP contribution in [-0.2, 0) is 24.1 Å². The van der Waals surface area contributed by atoms with Gasteiger partial charge in [0.05, 0.1) is 35.3 Å². The van der Waals surface area contributed by atoms with Crippen molar-refractivity contribution >= 4 is 28.1 Å². The average Bonchev–Trinajstić information content (AvgIpc) is 3.21. The van der Waals surface area contributed by atoms with Crippen molar-refractivity contribution in [2.24, 2.45) is 5.92 Å². The minimum absolute atomic E-state index is 0.0783. The molecule has 0 radical (unpaired) electrons. The molecular formula is C26H24ClF3N2O3. The number of nitrogens with zero attached hydrogens (tertiary/aromatic N) is 2. The molecule has 5 rings (SSSR count). The zero-order chi connectivity index (χ0) is 24.7. The Hall–Kier alpha value is -2.68. The minimum Gasteiger partial charge on any atom is -0.390 e. The van der Waals surface area contributed by atoms with Crippen molar-refractivity contribution in [2.45, 2.75) is 57.2 Å². The van der Waals surface area contributed by atoms with Gasteiger partial charge in [-0.25, -0.2) is 4.98 Å². The molecule has 1 fully saturated rings. The van der Waals surface area contributed by atoms with Crippen LogP contribution in [0.2, 0.25) is 5.02 Å². The van der Waals surface area contributed by atoms with Gasteiger partial charge >= 0.3 is 6.18 Å². The number of fused-ring (bicyclic) bond motifs is 2. The van der Waals surface area contributed by atoms with Crippen LogP contribution in [0.4, 0.5) is 13.2 Å². The highest BCUT2D eigenvalue weighted by atomic mass is 35.5. The summed E-state index contributed by atoms with van der Waals surface area (Å²) in [6, 6.07) is 9.94. The maximum atomic E-state index is 12.9. The standard InChI is InChI=1S/C26H24ClF3N2O3/c27-19-6-7-20-21(13-19)31-24-17(9-10-32(24)25(20)34)11-16-3-8-23(22(33)12-16)35-14-15-1-4-18(5-2-15)26(28,29)30/h1-2,4-7,11,13,16,22-23,33H,3,8-10,12,14H2/b17-11+. The van der Waals surface area contributed by atoms with Gasteiger partial charge in [-0.1, -0.05) is 29.8 Å². The van der Waals surface area contributed by atoms with Gasteiger partial charge in [0.2, 0.25) is 0 Å². The van der Waals surface area contributed by atoms with Crippen LogP contribution < -0.4 is 5.56 Å². The Kier molecular flexibility index (Phi) is 6.46. The number of aliphatic hydroxyl groups is 1. The van der Waals surface area contributed by atoms with E-state index in [0.29, 0.717) is 53.1 Å². The minimum atomic E-state index is -4.37. The van der Waals surface area contributed by atoms with Crippen LogP contribution in [-0.4, -0.2) is 26.9 Å². The van der Waals surface area contributed by atoms with Gasteiger partial charge in [0.15, 0.2) is 0 Å². The number of aromatic nitrogens is 2. The molecule has 9 heteroatoms. The van der Waals surface area contributed by atoms with Crippen molar-refractivity contribution < 1.29 is 23.0 Å². The van der Waals surface area contributed by atoms with Gasteiger partial charge in [-0.3, -0.25) is 9.36 Å². The van der Waals surface area contributed by atoms with Gasteiger partial charge in [-0.2, -0.15) is 13.2 Å². The van der Waals surface area contributed by atoms with E-state index in [2.05, 4.69) is 6.08 Å². The summed E-state index contributed by atoms with van der Waals surface area (Å²) in [5.74, 6) is 0.768. The molecule has 3 aromatic rings. The first-order valence-electron chi connectivity index (χ1n) is 11.6. The second kappa shape index (κ2) is 9.41. The second-order valence-corrected chi connectivity index (χ2v) is 9.62. The van der Waals surface area contributed by atoms with Gasteiger partial charge in [0.1, 0.15) is 5.82 Å². The lowest BCUT2D eigenvalue weighted by Crippen LogP contribution is -2.35. The summed E-state index contributed by atoms with van der Waals surface area (Å²) in [6.07, 6.45) is -0.701. The number of alkyl halides is 3. The van der Waals surface area contributed by atoms with Crippen molar-refractivity contribution in [3.8, 4) is 0 Å². The van der Waals surface area contributed by atoms with E-state index in [9.17, 15) is 23.1 Å². The number of halogens is 4. The lowest BCUT2D eigenvalue weighted by atomic mass is 9.84. The van der Waals surface area contributed by atoms with Crippen LogP contribution in [0.3, 0.4) is 0 Å². The van der Waals surface area contributed by atoms with E-state index < -0.39 is 17.8 Å². The Morgan fingerprint density at radius 2 is 1.94 bits per heavy atom. The van der Waals surface area contributed by atoms with E-state index in [0.717, 1.165) is 24.1 Å². The molecular weight excluding hydrogens is 481 g/mol. The third-order valence-corrected chi connectivity index (χ3v) is 7.02. The maximum absolute atomic E-state index is 12.9. The smallest absolute Gasteiger partial charge is 0.390 e. The number of rotatable bonds is 4. The summed E-state index contributed by atoms with van der Waals surface area (Å²) in [5, 5.41) is 11.7. The molecule has 3 unspecified atom stereocenters. The molecule has 1 aliphatic heterocycles. The predicted octanol–water partition coefficient (Wildman–Crippen LogP) is 5.60. The molecule has 0 saturated heterocycles. The normalized spacial score (nSPS) is 23.7. The fraction of sp³-hybridized carbons (Fsp3) is 0.385. The third kappa shape index (κ3) is 5.01. The molecule has 2 aliphatic rings. The molecule has 1 aliphatic carbocycles. The molecule has 5 nitrogen and oxygen atoms in total. The summed E-state index contributed by atoms with van der Waals surface area (Å²) < 4.78 is 45.7. The van der Waals surface area contributed by atoms with E-state index in [1.807, 2.05) is 0 Å². The SMILES string of the molecule is O=c1c2ccc(Cl)cc2nc2n1CC/C2=C\C1CCC(OCc2ccc(C(F)(F)F)cc2)C(O)C1. The molecule has 35 heavy (non-hydrogen) atoms. The van der Waals surface area contributed by atoms with Crippen molar-refractivity contribution in [1.29, 1.82) is 0 Å². The summed E-state index contributed by atoms with van der Waals surface area (Å²) in [5.41, 5.74) is 1.41. The molecule has 3 atom stereocenters. The molecule has 0 amide bonds. The lowest BCUT2D eigenvalue weighted by Gasteiger charge is -2.32. The topological polar surface area (TPSA) is 64.4 Å². The molecule has 1 N–H and O–H groups in total. The monoisotopic (exact) mass is 504 g/mol. The summed E-state index contributed by atoms with van der Waals surface area (Å²) in [6.45, 7) is 0.709. The van der Waals surface area contributed by atoms with Crippen LogP contribution in [0.1, 0.15) is 42.6 Å². The van der Waals surface area contributed by atoms with E-state index in [4.69, 9.17) is 21.3 Å². The highest BCUT2D eigenvalue weighted by molar-refractivity contribution is 6.31. The van der Waals surface area contributed by atoms with E-state index in [1.54, 1.807) is 22.8 Å². The molecule has 0 spiro atoms. The van der Waals surface area contributed by atoms with Gasteiger partial charge in [0.25, 0.3) is 5.56 Å². The predicted molar refractivity (Wildman–Crippen MR) is 127 cm³/mol. The number of ether oxygens (including phenoxy) is 1. The van der Waals surface area contributed by atoms with Crippen molar-refractivity contribution in [3.05, 3.63) is 80.9 Å². The Labute approximate surface area is 204 Å². The molecule has 1 aromatic heterocycles. The maximum Gasteiger partial charge on any atom is 0.416 e. The van der Waals surface area contributed by atoms with Gasteiger partial charge in [-0.05, 0) is 73.1 Å². The Balaban J connectivity index is 1.24. The molecule has 2 heterocycles. The first-order valence-corrected chi connectivity index (χ1v) is 11.9. The number of hydrogen-bond donors (Lipinski definition) is 1. The van der Waals surface area contributed by atoms with Crippen molar-refractivity contribution in [3.63, 3.8) is 0 Å². The number of aliphatic hydroxyl groups excluding tert-OH is 1. The first-order chi connectivity index (χ1) is 16.7. The quantitative estimate of drug-likeness (QED) is 0.502. The summed E-state index contributed by atoms with van der Waals surface area (Å²) in [7, 11) is 0. The number of hydrogen-bond acceptors (Lipinski definition) is 4. The highest BCUT2D eigenvalue weighted by Gasteiger charge is 2.32. The number of allylic oxidation sites excluding steroid dienone is 2. The molecule has 2 aromatic carbocycles. The molecule has 1 saturated carbocycles. The Bertz CT molecular complexity index is 1330. The van der Waals surface area contributed by atoms with E-state index >= 15 is 0 Å². The second-order valence-electron chi connectivity index (χ2n) is 9.18. The van der Waals surface area contributed by atoms with Crippen LogP contribution in [0.15, 0.2) is 53.3 Å². The zero-order valence-electron chi connectivity index (χ0n) is 18.8. The average molecular weight is 505 g/mol. The van der Waals surface area contributed by atoms with E-state index in [-0.39, 0.29) is 24.2 Å². The largest absolute Gasteiger partial charge is 0.416 e. The zero-order valence-corrected chi connectivity index (χ0v) is 19.5. The fourth-order valence-corrected chi connectivity index (χ4v) is 5.09. The van der Waals surface area contributed by atoms with Crippen LogP contribution >= 0.6 is 11.6 Å². The summed E-state index contributed by atoms with van der Waals surface area (Å²) >= 11 is 6.09. The summed E-state index contributed by atoms with van der Waals surface area (Å²) in [4.78, 5) is 17.6. The highest BCUT2D eigenvalue weighted by Crippen LogP contribution is 2.34. The Morgan fingerprint density at radius 1 is 1.17 bits per heavy atom. The van der Waals surface area contributed by atoms with Crippen molar-refractivity contribution in [2.75, 3.05) is 0 Å². The van der Waals surface area contributed by atoms with Crippen molar-refractivity contribution in [1.82, 2.24) is 9.55 Å². The van der Waals surface area contributed by atoms with Crippen LogP contribution in [0.5, 0.6) is 0 Å². The van der Waals surface area contributed by atoms with Crippen LogP contribution in [0, 0.1) is 5.92 Å². The van der Waals surface area contributed by atoms with E-state index in [1.165, 1.54) is 12.1 Å². The van der Waals surface area contributed by atoms with Gasteiger partial charge < -0.3 is 9.84 Å². The fourth-order valence-electron chi connectivity index (χ4n) is 4.92. The first kappa shape index (κ1) is 24.0. The lowest BCUT2D eigenvalue weighted by molar-refractivity contribution is -0.137. The Morgan fingerprint density at radius 3 is 2.66 bits per heavy atom. The molecule has 184 valence electrons. The van der Waals surface area contributed by atoms with Crippen LogP contribution in [0.25, 0.3) is 16.5 Å². The third-order valence-electron chi connectivity index (χ3n) is 6.79. The van der Waals surface area contributed by atoms with Gasteiger partial charge in [0, 0.05) is 11.6 Å². The molecule has 0 bridgehead atoms.